The van der Waals surface area contributed by atoms with E-state index in [0.29, 0.717) is 18.9 Å². The largest absolute Gasteiger partial charge is 0.481 e. The zero-order valence-electron chi connectivity index (χ0n) is 11.5. The second-order valence-corrected chi connectivity index (χ2v) is 6.07. The van der Waals surface area contributed by atoms with E-state index in [9.17, 15) is 9.59 Å². The van der Waals surface area contributed by atoms with Crippen molar-refractivity contribution in [3.63, 3.8) is 0 Å². The van der Waals surface area contributed by atoms with Crippen molar-refractivity contribution in [2.45, 2.75) is 51.5 Å². The Labute approximate surface area is 114 Å². The minimum atomic E-state index is -0.741. The number of carbonyl (C=O) groups is 2. The number of hydrogen-bond donors (Lipinski definition) is 3. The Morgan fingerprint density at radius 3 is 2.63 bits per heavy atom. The highest BCUT2D eigenvalue weighted by Crippen LogP contribution is 2.36. The van der Waals surface area contributed by atoms with Crippen molar-refractivity contribution >= 4 is 12.0 Å². The van der Waals surface area contributed by atoms with E-state index in [2.05, 4.69) is 17.6 Å². The van der Waals surface area contributed by atoms with Gasteiger partial charge in [-0.1, -0.05) is 13.3 Å². The molecule has 2 aliphatic carbocycles. The van der Waals surface area contributed by atoms with E-state index >= 15 is 0 Å². The summed E-state index contributed by atoms with van der Waals surface area (Å²) in [6.45, 7) is 2.88. The van der Waals surface area contributed by atoms with Crippen LogP contribution in [0.25, 0.3) is 0 Å². The summed E-state index contributed by atoms with van der Waals surface area (Å²) in [5, 5.41) is 14.8. The maximum Gasteiger partial charge on any atom is 0.315 e. The highest BCUT2D eigenvalue weighted by molar-refractivity contribution is 5.74. The van der Waals surface area contributed by atoms with E-state index in [1.54, 1.807) is 0 Å². The number of carbonyl (C=O) groups excluding carboxylic acids is 1. The van der Waals surface area contributed by atoms with Gasteiger partial charge in [-0.15, -0.1) is 0 Å². The molecule has 0 spiro atoms. The molecular weight excluding hydrogens is 244 g/mol. The number of carboxylic acid groups (broad SMARTS) is 1. The summed E-state index contributed by atoms with van der Waals surface area (Å²) in [4.78, 5) is 22.7. The number of hydrogen-bond acceptors (Lipinski definition) is 2. The molecule has 0 heterocycles. The molecule has 0 aromatic carbocycles. The van der Waals surface area contributed by atoms with Crippen LogP contribution in [0, 0.1) is 17.8 Å². The molecule has 0 aliphatic heterocycles. The Morgan fingerprint density at radius 2 is 2.00 bits per heavy atom. The molecule has 2 fully saturated rings. The zero-order chi connectivity index (χ0) is 13.8. The van der Waals surface area contributed by atoms with Gasteiger partial charge in [-0.25, -0.2) is 4.79 Å². The third-order valence-corrected chi connectivity index (χ3v) is 4.37. The molecular formula is C14H24N2O3. The molecule has 5 nitrogen and oxygen atoms in total. The predicted octanol–water partition coefficient (Wildman–Crippen LogP) is 1.98. The molecule has 0 bridgehead atoms. The number of rotatable bonds is 5. The number of urea groups is 1. The lowest BCUT2D eigenvalue weighted by molar-refractivity contribution is -0.143. The quantitative estimate of drug-likeness (QED) is 0.713. The van der Waals surface area contributed by atoms with Crippen LogP contribution < -0.4 is 10.6 Å². The third-order valence-electron chi connectivity index (χ3n) is 4.37. The Bertz CT molecular complexity index is 342. The van der Waals surface area contributed by atoms with Gasteiger partial charge >= 0.3 is 12.0 Å². The molecule has 3 N–H and O–H groups in total. The van der Waals surface area contributed by atoms with Gasteiger partial charge in [-0.05, 0) is 43.9 Å². The van der Waals surface area contributed by atoms with Crippen LogP contribution in [0.1, 0.15) is 45.4 Å². The zero-order valence-corrected chi connectivity index (χ0v) is 11.5. The van der Waals surface area contributed by atoms with E-state index in [-0.39, 0.29) is 18.0 Å². The van der Waals surface area contributed by atoms with Gasteiger partial charge in [0.15, 0.2) is 0 Å². The van der Waals surface area contributed by atoms with Gasteiger partial charge in [0.25, 0.3) is 0 Å². The summed E-state index contributed by atoms with van der Waals surface area (Å²) < 4.78 is 0. The highest BCUT2D eigenvalue weighted by atomic mass is 16.4. The number of amides is 2. The lowest BCUT2D eigenvalue weighted by atomic mass is 9.86. The van der Waals surface area contributed by atoms with Crippen molar-refractivity contribution in [3.8, 4) is 0 Å². The summed E-state index contributed by atoms with van der Waals surface area (Å²) in [6, 6.07) is -0.144. The predicted molar refractivity (Wildman–Crippen MR) is 71.8 cm³/mol. The van der Waals surface area contributed by atoms with Gasteiger partial charge in [0.1, 0.15) is 0 Å². The van der Waals surface area contributed by atoms with Gasteiger partial charge in [0, 0.05) is 12.6 Å². The van der Waals surface area contributed by atoms with Crippen molar-refractivity contribution in [1.82, 2.24) is 10.6 Å². The van der Waals surface area contributed by atoms with E-state index < -0.39 is 5.97 Å². The van der Waals surface area contributed by atoms with Crippen LogP contribution in [0.5, 0.6) is 0 Å². The first-order valence-electron chi connectivity index (χ1n) is 7.33. The van der Waals surface area contributed by atoms with E-state index in [1.807, 2.05) is 0 Å². The third kappa shape index (κ3) is 4.40. The minimum Gasteiger partial charge on any atom is -0.481 e. The summed E-state index contributed by atoms with van der Waals surface area (Å²) in [5.41, 5.74) is 0. The summed E-state index contributed by atoms with van der Waals surface area (Å²) in [7, 11) is 0. The average Bonchev–Trinajstić information content (AvgIpc) is 3.20. The lowest BCUT2D eigenvalue weighted by Crippen LogP contribution is -2.46. The maximum absolute atomic E-state index is 11.8. The van der Waals surface area contributed by atoms with Crippen LogP contribution in [-0.4, -0.2) is 29.7 Å². The van der Waals surface area contributed by atoms with Gasteiger partial charge in [-0.2, -0.15) is 0 Å². The smallest absolute Gasteiger partial charge is 0.315 e. The SMILES string of the molecule is CC(CNC(=O)NC1CCCC(C(=O)O)C1)C1CC1. The molecule has 0 saturated heterocycles. The first-order chi connectivity index (χ1) is 9.06. The van der Waals surface area contributed by atoms with Crippen molar-refractivity contribution in [1.29, 1.82) is 0 Å². The fraction of sp³-hybridized carbons (Fsp3) is 0.857. The fourth-order valence-corrected chi connectivity index (χ4v) is 2.87. The topological polar surface area (TPSA) is 78.4 Å². The molecule has 5 heteroatoms. The first-order valence-corrected chi connectivity index (χ1v) is 7.33. The molecule has 0 aromatic heterocycles. The second-order valence-electron chi connectivity index (χ2n) is 6.07. The lowest BCUT2D eigenvalue weighted by Gasteiger charge is -2.27. The molecule has 2 amide bonds. The number of nitrogens with one attached hydrogen (secondary N) is 2. The average molecular weight is 268 g/mol. The standard InChI is InChI=1S/C14H24N2O3/c1-9(10-5-6-10)8-15-14(19)16-12-4-2-3-11(7-12)13(17)18/h9-12H,2-8H2,1H3,(H,17,18)(H2,15,16,19). The van der Waals surface area contributed by atoms with Crippen molar-refractivity contribution < 1.29 is 14.7 Å². The minimum absolute atomic E-state index is 0.00563. The van der Waals surface area contributed by atoms with Crippen LogP contribution in [0.4, 0.5) is 4.79 Å². The highest BCUT2D eigenvalue weighted by Gasteiger charge is 2.29. The molecule has 2 saturated carbocycles. The van der Waals surface area contributed by atoms with Gasteiger partial charge in [-0.3, -0.25) is 4.79 Å². The van der Waals surface area contributed by atoms with Crippen molar-refractivity contribution in [2.24, 2.45) is 17.8 Å². The monoisotopic (exact) mass is 268 g/mol. The second kappa shape index (κ2) is 6.26. The Morgan fingerprint density at radius 1 is 1.26 bits per heavy atom. The molecule has 0 aromatic rings. The van der Waals surface area contributed by atoms with Gasteiger partial charge in [0.05, 0.1) is 5.92 Å². The van der Waals surface area contributed by atoms with Gasteiger partial charge < -0.3 is 15.7 Å². The molecule has 2 aliphatic rings. The summed E-state index contributed by atoms with van der Waals surface area (Å²) in [6.07, 6.45) is 5.62. The van der Waals surface area contributed by atoms with Gasteiger partial charge in [0.2, 0.25) is 0 Å². The molecule has 3 atom stereocenters. The normalized spacial score (nSPS) is 28.5. The molecule has 108 valence electrons. The molecule has 2 rings (SSSR count). The van der Waals surface area contributed by atoms with Crippen LogP contribution >= 0.6 is 0 Å². The number of aliphatic carboxylic acids is 1. The summed E-state index contributed by atoms with van der Waals surface area (Å²) in [5.74, 6) is 0.286. The van der Waals surface area contributed by atoms with Crippen LogP contribution in [-0.2, 0) is 4.79 Å². The first kappa shape index (κ1) is 14.2. The molecule has 3 unspecified atom stereocenters. The Kier molecular flexibility index (Phi) is 4.66. The van der Waals surface area contributed by atoms with Crippen LogP contribution in [0.3, 0.4) is 0 Å². The van der Waals surface area contributed by atoms with Crippen LogP contribution in [0.2, 0.25) is 0 Å². The number of carboxylic acids is 1. The van der Waals surface area contributed by atoms with E-state index in [0.717, 1.165) is 25.2 Å². The Hall–Kier alpha value is -1.26. The van der Waals surface area contributed by atoms with Crippen LogP contribution in [0.15, 0.2) is 0 Å². The Balaban J connectivity index is 1.67. The van der Waals surface area contributed by atoms with E-state index in [4.69, 9.17) is 5.11 Å². The fourth-order valence-electron chi connectivity index (χ4n) is 2.87. The van der Waals surface area contributed by atoms with Crippen molar-refractivity contribution in [2.75, 3.05) is 6.54 Å². The van der Waals surface area contributed by atoms with Crippen molar-refractivity contribution in [3.05, 3.63) is 0 Å². The summed E-state index contributed by atoms with van der Waals surface area (Å²) >= 11 is 0. The van der Waals surface area contributed by atoms with E-state index in [1.165, 1.54) is 12.8 Å². The molecule has 19 heavy (non-hydrogen) atoms. The molecule has 0 radical (unpaired) electrons. The maximum atomic E-state index is 11.8.